The van der Waals surface area contributed by atoms with Gasteiger partial charge in [-0.15, -0.1) is 0 Å². The predicted octanol–water partition coefficient (Wildman–Crippen LogP) is 3.45. The van der Waals surface area contributed by atoms with Gasteiger partial charge in [0.1, 0.15) is 11.6 Å². The number of benzene rings is 2. The smallest absolute Gasteiger partial charge is 0.128 e. The Balaban J connectivity index is 2.04. The van der Waals surface area contributed by atoms with Crippen LogP contribution in [-0.4, -0.2) is 0 Å². The molecule has 4 heteroatoms. The van der Waals surface area contributed by atoms with Crippen LogP contribution in [-0.2, 0) is 6.54 Å². The molecule has 0 heterocycles. The maximum absolute atomic E-state index is 12.9. The molecule has 0 aromatic heterocycles. The van der Waals surface area contributed by atoms with Gasteiger partial charge >= 0.3 is 0 Å². The zero-order chi connectivity index (χ0) is 13.0. The zero-order valence-electron chi connectivity index (χ0n) is 9.45. The molecule has 1 N–H and O–H groups in total. The number of hydrogen-bond donors (Lipinski definition) is 1. The van der Waals surface area contributed by atoms with Crippen molar-refractivity contribution < 1.29 is 8.78 Å². The summed E-state index contributed by atoms with van der Waals surface area (Å²) in [6, 6.07) is 12.3. The van der Waals surface area contributed by atoms with E-state index in [4.69, 9.17) is 5.26 Å². The van der Waals surface area contributed by atoms with Crippen molar-refractivity contribution in [2.75, 3.05) is 5.32 Å². The number of nitrogens with one attached hydrogen (secondary N) is 1. The first-order valence-corrected chi connectivity index (χ1v) is 5.36. The van der Waals surface area contributed by atoms with Gasteiger partial charge in [0.05, 0.1) is 11.6 Å². The van der Waals surface area contributed by atoms with Crippen LogP contribution in [0.1, 0.15) is 11.1 Å². The summed E-state index contributed by atoms with van der Waals surface area (Å²) in [6.45, 7) is 0.439. The minimum atomic E-state index is -0.614. The number of nitrogens with zero attached hydrogens (tertiary/aromatic N) is 1. The first-order chi connectivity index (χ1) is 8.67. The van der Waals surface area contributed by atoms with E-state index in [1.165, 1.54) is 12.1 Å². The number of hydrogen-bond acceptors (Lipinski definition) is 2. The van der Waals surface area contributed by atoms with E-state index in [9.17, 15) is 8.78 Å². The van der Waals surface area contributed by atoms with Gasteiger partial charge in [0.2, 0.25) is 0 Å². The largest absolute Gasteiger partial charge is 0.381 e. The van der Waals surface area contributed by atoms with Gasteiger partial charge in [-0.2, -0.15) is 5.26 Å². The van der Waals surface area contributed by atoms with Gasteiger partial charge in [-0.3, -0.25) is 0 Å². The molecule has 0 amide bonds. The van der Waals surface area contributed by atoms with Crippen LogP contribution in [0.2, 0.25) is 0 Å². The summed E-state index contributed by atoms with van der Waals surface area (Å²) in [5, 5.41) is 11.6. The Labute approximate surface area is 103 Å². The van der Waals surface area contributed by atoms with Gasteiger partial charge in [0, 0.05) is 18.3 Å². The fourth-order valence-electron chi connectivity index (χ4n) is 1.56. The molecular weight excluding hydrogens is 234 g/mol. The lowest BCUT2D eigenvalue weighted by molar-refractivity contribution is 0.584. The molecule has 0 fully saturated rings. The molecule has 2 aromatic rings. The Morgan fingerprint density at radius 1 is 1.00 bits per heavy atom. The SMILES string of the molecule is N#Cc1ccc(CNc2cc(F)cc(F)c2)cc1. The van der Waals surface area contributed by atoms with Crippen LogP contribution in [0.4, 0.5) is 14.5 Å². The maximum Gasteiger partial charge on any atom is 0.128 e. The van der Waals surface area contributed by atoms with Gasteiger partial charge in [0.15, 0.2) is 0 Å². The fraction of sp³-hybridized carbons (Fsp3) is 0.0714. The minimum absolute atomic E-state index is 0.386. The Hall–Kier alpha value is -2.41. The molecule has 0 unspecified atom stereocenters. The first kappa shape index (κ1) is 12.1. The van der Waals surface area contributed by atoms with Gasteiger partial charge in [-0.05, 0) is 29.8 Å². The highest BCUT2D eigenvalue weighted by atomic mass is 19.1. The lowest BCUT2D eigenvalue weighted by atomic mass is 10.1. The summed E-state index contributed by atoms with van der Waals surface area (Å²) in [6.07, 6.45) is 0. The van der Waals surface area contributed by atoms with E-state index < -0.39 is 11.6 Å². The molecule has 0 radical (unpaired) electrons. The van der Waals surface area contributed by atoms with Gasteiger partial charge in [-0.25, -0.2) is 8.78 Å². The predicted molar refractivity (Wildman–Crippen MR) is 64.8 cm³/mol. The number of halogens is 2. The third kappa shape index (κ3) is 3.05. The highest BCUT2D eigenvalue weighted by Gasteiger charge is 2.00. The van der Waals surface area contributed by atoms with E-state index in [1.54, 1.807) is 24.3 Å². The standard InChI is InChI=1S/C14H10F2N2/c15-12-5-13(16)7-14(6-12)18-9-11-3-1-10(8-17)2-4-11/h1-7,18H,9H2. The van der Waals surface area contributed by atoms with Crippen LogP contribution in [0, 0.1) is 23.0 Å². The van der Waals surface area contributed by atoms with Gasteiger partial charge in [-0.1, -0.05) is 12.1 Å². The van der Waals surface area contributed by atoms with E-state index in [1.807, 2.05) is 6.07 Å². The monoisotopic (exact) mass is 244 g/mol. The Morgan fingerprint density at radius 2 is 1.61 bits per heavy atom. The second kappa shape index (κ2) is 5.28. The third-order valence-electron chi connectivity index (χ3n) is 2.44. The van der Waals surface area contributed by atoms with Crippen molar-refractivity contribution in [1.29, 1.82) is 5.26 Å². The topological polar surface area (TPSA) is 35.8 Å². The van der Waals surface area contributed by atoms with Gasteiger partial charge < -0.3 is 5.32 Å². The van der Waals surface area contributed by atoms with Crippen molar-refractivity contribution in [3.63, 3.8) is 0 Å². The van der Waals surface area contributed by atoms with Crippen molar-refractivity contribution in [2.45, 2.75) is 6.54 Å². The summed E-state index contributed by atoms with van der Waals surface area (Å²) in [5.41, 5.74) is 1.89. The Morgan fingerprint density at radius 3 is 2.17 bits per heavy atom. The minimum Gasteiger partial charge on any atom is -0.381 e. The van der Waals surface area contributed by atoms with Gasteiger partial charge in [0.25, 0.3) is 0 Å². The lowest BCUT2D eigenvalue weighted by Crippen LogP contribution is -2.00. The normalized spacial score (nSPS) is 9.83. The maximum atomic E-state index is 12.9. The molecular formula is C14H10F2N2. The zero-order valence-corrected chi connectivity index (χ0v) is 9.45. The summed E-state index contributed by atoms with van der Waals surface area (Å²) in [4.78, 5) is 0. The summed E-state index contributed by atoms with van der Waals surface area (Å²) in [5.74, 6) is -1.23. The number of nitriles is 1. The Bertz CT molecular complexity index is 565. The van der Waals surface area contributed by atoms with Crippen LogP contribution in [0.15, 0.2) is 42.5 Å². The van der Waals surface area contributed by atoms with E-state index in [2.05, 4.69) is 5.32 Å². The summed E-state index contributed by atoms with van der Waals surface area (Å²) in [7, 11) is 0. The molecule has 0 saturated heterocycles. The molecule has 0 aliphatic rings. The fourth-order valence-corrected chi connectivity index (χ4v) is 1.56. The van der Waals surface area contributed by atoms with E-state index in [0.717, 1.165) is 11.6 Å². The summed E-state index contributed by atoms with van der Waals surface area (Å²) < 4.78 is 25.9. The molecule has 2 nitrogen and oxygen atoms in total. The molecule has 0 atom stereocenters. The van der Waals surface area contributed by atoms with Crippen LogP contribution >= 0.6 is 0 Å². The highest BCUT2D eigenvalue weighted by Crippen LogP contribution is 2.14. The second-order valence-electron chi connectivity index (χ2n) is 3.82. The molecule has 2 aromatic carbocycles. The third-order valence-corrected chi connectivity index (χ3v) is 2.44. The Kier molecular flexibility index (Phi) is 3.54. The van der Waals surface area contributed by atoms with Crippen LogP contribution in [0.25, 0.3) is 0 Å². The lowest BCUT2D eigenvalue weighted by Gasteiger charge is -2.07. The van der Waals surface area contributed by atoms with Crippen LogP contribution < -0.4 is 5.32 Å². The van der Waals surface area contributed by atoms with E-state index in [0.29, 0.717) is 17.8 Å². The highest BCUT2D eigenvalue weighted by molar-refractivity contribution is 5.44. The van der Waals surface area contributed by atoms with E-state index in [-0.39, 0.29) is 0 Å². The quantitative estimate of drug-likeness (QED) is 0.897. The average Bonchev–Trinajstić information content (AvgIpc) is 2.36. The molecule has 0 saturated carbocycles. The molecule has 18 heavy (non-hydrogen) atoms. The molecule has 0 bridgehead atoms. The van der Waals surface area contributed by atoms with Crippen molar-refractivity contribution in [3.8, 4) is 6.07 Å². The van der Waals surface area contributed by atoms with Crippen LogP contribution in [0.5, 0.6) is 0 Å². The van der Waals surface area contributed by atoms with Crippen molar-refractivity contribution in [1.82, 2.24) is 0 Å². The van der Waals surface area contributed by atoms with Crippen molar-refractivity contribution in [3.05, 3.63) is 65.2 Å². The molecule has 2 rings (SSSR count). The number of rotatable bonds is 3. The average molecular weight is 244 g/mol. The molecule has 0 spiro atoms. The molecule has 0 aliphatic carbocycles. The summed E-state index contributed by atoms with van der Waals surface area (Å²) >= 11 is 0. The first-order valence-electron chi connectivity index (χ1n) is 5.36. The number of anilines is 1. The van der Waals surface area contributed by atoms with E-state index >= 15 is 0 Å². The molecule has 90 valence electrons. The van der Waals surface area contributed by atoms with Crippen molar-refractivity contribution in [2.24, 2.45) is 0 Å². The van der Waals surface area contributed by atoms with Crippen LogP contribution in [0.3, 0.4) is 0 Å². The molecule has 0 aliphatic heterocycles. The van der Waals surface area contributed by atoms with Crippen molar-refractivity contribution >= 4 is 5.69 Å². The second-order valence-corrected chi connectivity index (χ2v) is 3.82.